The lowest BCUT2D eigenvalue weighted by molar-refractivity contribution is -0.114. The van der Waals surface area contributed by atoms with E-state index >= 15 is 0 Å². The van der Waals surface area contributed by atoms with Crippen LogP contribution in [-0.4, -0.2) is 29.1 Å². The van der Waals surface area contributed by atoms with Crippen molar-refractivity contribution in [3.8, 4) is 5.75 Å². The number of nitrogens with two attached hydrogens (primary N) is 1. The number of nitrogens with zero attached hydrogens (tertiary/aromatic N) is 2. The van der Waals surface area contributed by atoms with Gasteiger partial charge in [-0.05, 0) is 36.1 Å². The van der Waals surface area contributed by atoms with Gasteiger partial charge in [0.2, 0.25) is 0 Å². The van der Waals surface area contributed by atoms with Gasteiger partial charge in [-0.1, -0.05) is 43.6 Å². The molecule has 0 aliphatic rings. The quantitative estimate of drug-likeness (QED) is 0.549. The minimum atomic E-state index is -0.690. The topological polar surface area (TPSA) is 110 Å². The van der Waals surface area contributed by atoms with Crippen LogP contribution >= 0.6 is 15.9 Å². The number of H-pyrrole nitrogens is 1. The van der Waals surface area contributed by atoms with Crippen molar-refractivity contribution in [2.45, 2.75) is 34.2 Å². The van der Waals surface area contributed by atoms with E-state index in [1.165, 1.54) is 15.5 Å². The molecular weight excluding hydrogens is 464 g/mol. The molecule has 1 heterocycles. The van der Waals surface area contributed by atoms with Gasteiger partial charge in [0.25, 0.3) is 11.5 Å². The minimum absolute atomic E-state index is 0.0233. The molecule has 1 aromatic heterocycles. The summed E-state index contributed by atoms with van der Waals surface area (Å²) in [6.45, 7) is 8.30. The number of anilines is 2. The Balaban J connectivity index is 2.54. The number of nitrogen functional groups attached to an aromatic ring is 1. The van der Waals surface area contributed by atoms with Crippen LogP contribution in [0.4, 0.5) is 11.5 Å². The first-order valence-electron chi connectivity index (χ1n) is 10.0. The fourth-order valence-electron chi connectivity index (χ4n) is 3.13. The summed E-state index contributed by atoms with van der Waals surface area (Å²) in [5, 5.41) is 0. The van der Waals surface area contributed by atoms with Crippen molar-refractivity contribution in [3.05, 3.63) is 55.1 Å². The lowest BCUT2D eigenvalue weighted by Crippen LogP contribution is -2.42. The maximum absolute atomic E-state index is 13.2. The van der Waals surface area contributed by atoms with Gasteiger partial charge in [0.15, 0.2) is 5.69 Å². The smallest absolute Gasteiger partial charge is 0.330 e. The summed E-state index contributed by atoms with van der Waals surface area (Å²) < 4.78 is 7.47. The second-order valence-corrected chi connectivity index (χ2v) is 8.98. The molecule has 2 rings (SSSR count). The Kier molecular flexibility index (Phi) is 8.27. The summed E-state index contributed by atoms with van der Waals surface area (Å²) in [6.07, 6.45) is 2.98. The second-order valence-electron chi connectivity index (χ2n) is 8.06. The molecule has 0 saturated heterocycles. The highest BCUT2D eigenvalue weighted by atomic mass is 79.9. The van der Waals surface area contributed by atoms with Gasteiger partial charge in [-0.3, -0.25) is 19.1 Å². The standard InChI is InChI=1S/C22H29BrN4O4/c1-13(2)11-26(18(28)9-6-15-10-16(23)7-8-17(15)31-5)19-20(24)27(12-14(3)4)22(30)25-21(19)29/h6-10,13-14H,11-12,24H2,1-5H3,(H,25,29,30)/b9-6+. The number of rotatable bonds is 8. The van der Waals surface area contributed by atoms with Crippen molar-refractivity contribution in [2.75, 3.05) is 24.3 Å². The van der Waals surface area contributed by atoms with E-state index in [1.807, 2.05) is 39.8 Å². The molecule has 31 heavy (non-hydrogen) atoms. The molecule has 1 amide bonds. The van der Waals surface area contributed by atoms with E-state index < -0.39 is 17.2 Å². The maximum Gasteiger partial charge on any atom is 0.330 e. The van der Waals surface area contributed by atoms with Gasteiger partial charge in [0.05, 0.1) is 7.11 Å². The lowest BCUT2D eigenvalue weighted by atomic mass is 10.1. The maximum atomic E-state index is 13.2. The molecule has 0 aliphatic carbocycles. The number of carbonyl (C=O) groups is 1. The van der Waals surface area contributed by atoms with E-state index in [-0.39, 0.29) is 29.9 Å². The van der Waals surface area contributed by atoms with Gasteiger partial charge in [-0.25, -0.2) is 4.79 Å². The van der Waals surface area contributed by atoms with Crippen LogP contribution in [0, 0.1) is 11.8 Å². The molecule has 9 heteroatoms. The number of ether oxygens (including phenoxy) is 1. The summed E-state index contributed by atoms with van der Waals surface area (Å²) in [6, 6.07) is 5.44. The van der Waals surface area contributed by atoms with Crippen LogP contribution in [0.1, 0.15) is 33.3 Å². The molecule has 0 fully saturated rings. The Bertz CT molecular complexity index is 1090. The molecule has 0 radical (unpaired) electrons. The van der Waals surface area contributed by atoms with Crippen LogP contribution in [0.2, 0.25) is 0 Å². The SMILES string of the molecule is COc1ccc(Br)cc1/C=C/C(=O)N(CC(C)C)c1c(N)n(CC(C)C)c(=O)[nH]c1=O. The molecular formula is C22H29BrN4O4. The summed E-state index contributed by atoms with van der Waals surface area (Å²) in [7, 11) is 1.55. The number of halogens is 1. The van der Waals surface area contributed by atoms with Gasteiger partial charge in [-0.2, -0.15) is 0 Å². The fourth-order valence-corrected chi connectivity index (χ4v) is 3.51. The summed E-state index contributed by atoms with van der Waals surface area (Å²) >= 11 is 3.41. The van der Waals surface area contributed by atoms with Crippen molar-refractivity contribution < 1.29 is 9.53 Å². The highest BCUT2D eigenvalue weighted by molar-refractivity contribution is 9.10. The summed E-state index contributed by atoms with van der Waals surface area (Å²) in [5.74, 6) is 0.331. The van der Waals surface area contributed by atoms with Gasteiger partial charge >= 0.3 is 5.69 Å². The van der Waals surface area contributed by atoms with E-state index in [0.29, 0.717) is 17.9 Å². The lowest BCUT2D eigenvalue weighted by Gasteiger charge is -2.25. The van der Waals surface area contributed by atoms with Crippen molar-refractivity contribution in [2.24, 2.45) is 11.8 Å². The van der Waals surface area contributed by atoms with Gasteiger partial charge < -0.3 is 15.4 Å². The van der Waals surface area contributed by atoms with Crippen molar-refractivity contribution in [1.82, 2.24) is 9.55 Å². The number of aromatic amines is 1. The largest absolute Gasteiger partial charge is 0.496 e. The third-order valence-electron chi connectivity index (χ3n) is 4.44. The summed E-state index contributed by atoms with van der Waals surface area (Å²) in [5.41, 5.74) is 5.61. The average molecular weight is 493 g/mol. The zero-order valence-corrected chi connectivity index (χ0v) is 20.0. The first kappa shape index (κ1) is 24.5. The number of amides is 1. The van der Waals surface area contributed by atoms with Gasteiger partial charge in [-0.15, -0.1) is 0 Å². The zero-order valence-electron chi connectivity index (χ0n) is 18.4. The van der Waals surface area contributed by atoms with Gasteiger partial charge in [0.1, 0.15) is 11.6 Å². The Morgan fingerprint density at radius 2 is 1.94 bits per heavy atom. The number of hydrogen-bond acceptors (Lipinski definition) is 5. The number of benzene rings is 1. The predicted molar refractivity (Wildman–Crippen MR) is 127 cm³/mol. The molecule has 0 unspecified atom stereocenters. The van der Waals surface area contributed by atoms with Crippen molar-refractivity contribution >= 4 is 39.4 Å². The fraction of sp³-hybridized carbons (Fsp3) is 0.409. The summed E-state index contributed by atoms with van der Waals surface area (Å²) in [4.78, 5) is 41.7. The number of methoxy groups -OCH3 is 1. The molecule has 0 bridgehead atoms. The molecule has 0 saturated carbocycles. The molecule has 168 valence electrons. The molecule has 8 nitrogen and oxygen atoms in total. The highest BCUT2D eigenvalue weighted by Crippen LogP contribution is 2.25. The Hall–Kier alpha value is -2.81. The number of nitrogens with one attached hydrogen (secondary N) is 1. The monoisotopic (exact) mass is 492 g/mol. The second kappa shape index (κ2) is 10.5. The molecule has 0 atom stereocenters. The van der Waals surface area contributed by atoms with E-state index in [4.69, 9.17) is 10.5 Å². The average Bonchev–Trinajstić information content (AvgIpc) is 2.68. The number of carbonyl (C=O) groups excluding carboxylic acids is 1. The van der Waals surface area contributed by atoms with E-state index in [0.717, 1.165) is 4.47 Å². The van der Waals surface area contributed by atoms with Crippen LogP contribution in [0.3, 0.4) is 0 Å². The van der Waals surface area contributed by atoms with Crippen LogP contribution in [0.15, 0.2) is 38.3 Å². The Morgan fingerprint density at radius 3 is 2.52 bits per heavy atom. The van der Waals surface area contributed by atoms with Crippen molar-refractivity contribution in [3.63, 3.8) is 0 Å². The molecule has 2 aromatic rings. The first-order chi connectivity index (χ1) is 14.5. The van der Waals surface area contributed by atoms with E-state index in [1.54, 1.807) is 19.3 Å². The van der Waals surface area contributed by atoms with Crippen LogP contribution in [0.25, 0.3) is 6.08 Å². The molecule has 0 spiro atoms. The third kappa shape index (κ3) is 6.10. The Morgan fingerprint density at radius 1 is 1.26 bits per heavy atom. The number of aromatic nitrogens is 2. The number of hydrogen-bond donors (Lipinski definition) is 2. The third-order valence-corrected chi connectivity index (χ3v) is 4.94. The van der Waals surface area contributed by atoms with E-state index in [2.05, 4.69) is 20.9 Å². The van der Waals surface area contributed by atoms with Gasteiger partial charge in [0, 0.05) is 29.2 Å². The molecule has 0 aliphatic heterocycles. The highest BCUT2D eigenvalue weighted by Gasteiger charge is 2.24. The predicted octanol–water partition coefficient (Wildman–Crippen LogP) is 3.25. The zero-order chi connectivity index (χ0) is 23.3. The first-order valence-corrected chi connectivity index (χ1v) is 10.8. The van der Waals surface area contributed by atoms with E-state index in [9.17, 15) is 14.4 Å². The van der Waals surface area contributed by atoms with Crippen molar-refractivity contribution in [1.29, 1.82) is 0 Å². The van der Waals surface area contributed by atoms with Crippen LogP contribution < -0.4 is 26.6 Å². The normalized spacial score (nSPS) is 11.5. The minimum Gasteiger partial charge on any atom is -0.496 e. The molecule has 1 aromatic carbocycles. The molecule has 3 N–H and O–H groups in total. The Labute approximate surface area is 189 Å². The van der Waals surface area contributed by atoms with Crippen LogP contribution in [-0.2, 0) is 11.3 Å². The van der Waals surface area contributed by atoms with Crippen LogP contribution in [0.5, 0.6) is 5.75 Å².